The molecule has 0 heterocycles. The van der Waals surface area contributed by atoms with Crippen molar-refractivity contribution in [2.24, 2.45) is 0 Å². The topological polar surface area (TPSA) is 32.3 Å². The highest BCUT2D eigenvalue weighted by Crippen LogP contribution is 2.29. The summed E-state index contributed by atoms with van der Waals surface area (Å²) in [6.45, 7) is 0.475. The highest BCUT2D eigenvalue weighted by Gasteiger charge is 2.29. The van der Waals surface area contributed by atoms with Crippen molar-refractivity contribution in [3.63, 3.8) is 0 Å². The van der Waals surface area contributed by atoms with E-state index in [1.54, 1.807) is 19.2 Å². The molecule has 0 aliphatic rings. The number of alkyl halides is 3. The Balaban J connectivity index is 1.89. The van der Waals surface area contributed by atoms with Crippen molar-refractivity contribution in [3.8, 4) is 0 Å². The molecule has 2 aromatic rings. The largest absolute Gasteiger partial charge is 0.416 e. The summed E-state index contributed by atoms with van der Waals surface area (Å²) in [5, 5.41) is 3.23. The monoisotopic (exact) mass is 356 g/mol. The Kier molecular flexibility index (Phi) is 5.72. The first-order valence-electron chi connectivity index (χ1n) is 7.16. The van der Waals surface area contributed by atoms with Gasteiger partial charge in [0.1, 0.15) is 0 Å². The standard InChI is InChI=1S/C17H16ClF3N2O/c1-23(11-13-4-2-3-5-15(13)18)16(24)22-10-12-6-8-14(9-7-12)17(19,20)21/h2-9H,10-11H2,1H3,(H,22,24). The SMILES string of the molecule is CN(Cc1ccccc1Cl)C(=O)NCc1ccc(C(F)(F)F)cc1. The summed E-state index contributed by atoms with van der Waals surface area (Å²) in [5.74, 6) is 0. The van der Waals surface area contributed by atoms with Gasteiger partial charge in [-0.15, -0.1) is 0 Å². The van der Waals surface area contributed by atoms with E-state index in [2.05, 4.69) is 5.32 Å². The van der Waals surface area contributed by atoms with Gasteiger partial charge in [0.2, 0.25) is 0 Å². The fourth-order valence-electron chi connectivity index (χ4n) is 2.08. The Morgan fingerprint density at radius 3 is 2.33 bits per heavy atom. The number of nitrogens with one attached hydrogen (secondary N) is 1. The van der Waals surface area contributed by atoms with Crippen molar-refractivity contribution < 1.29 is 18.0 Å². The van der Waals surface area contributed by atoms with Crippen LogP contribution in [0.1, 0.15) is 16.7 Å². The Hall–Kier alpha value is -2.21. The lowest BCUT2D eigenvalue weighted by Gasteiger charge is -2.19. The van der Waals surface area contributed by atoms with Crippen LogP contribution in [0.2, 0.25) is 5.02 Å². The van der Waals surface area contributed by atoms with Gasteiger partial charge in [0, 0.05) is 25.2 Å². The molecular formula is C17H16ClF3N2O. The molecule has 0 spiro atoms. The van der Waals surface area contributed by atoms with E-state index < -0.39 is 11.7 Å². The normalized spacial score (nSPS) is 11.2. The molecule has 1 N–H and O–H groups in total. The molecule has 2 amide bonds. The summed E-state index contributed by atoms with van der Waals surface area (Å²) >= 11 is 6.05. The summed E-state index contributed by atoms with van der Waals surface area (Å²) < 4.78 is 37.5. The van der Waals surface area contributed by atoms with Crippen LogP contribution in [0.4, 0.5) is 18.0 Å². The third-order valence-electron chi connectivity index (χ3n) is 3.44. The zero-order valence-corrected chi connectivity index (χ0v) is 13.7. The number of hydrogen-bond donors (Lipinski definition) is 1. The number of amides is 2. The molecule has 128 valence electrons. The predicted octanol–water partition coefficient (Wildman–Crippen LogP) is 4.70. The first kappa shape index (κ1) is 18.1. The Bertz CT molecular complexity index is 702. The Morgan fingerprint density at radius 2 is 1.75 bits per heavy atom. The zero-order valence-electron chi connectivity index (χ0n) is 12.9. The number of rotatable bonds is 4. The molecule has 0 bridgehead atoms. The van der Waals surface area contributed by atoms with Gasteiger partial charge in [-0.05, 0) is 29.3 Å². The number of urea groups is 1. The fourth-order valence-corrected chi connectivity index (χ4v) is 2.27. The van der Waals surface area contributed by atoms with Gasteiger partial charge in [-0.25, -0.2) is 4.79 Å². The molecule has 0 radical (unpaired) electrons. The molecule has 0 aliphatic carbocycles. The maximum atomic E-state index is 12.5. The summed E-state index contributed by atoms with van der Waals surface area (Å²) in [5.41, 5.74) is 0.683. The third-order valence-corrected chi connectivity index (χ3v) is 3.81. The number of benzene rings is 2. The summed E-state index contributed by atoms with van der Waals surface area (Å²) in [6.07, 6.45) is -4.36. The number of hydrogen-bond acceptors (Lipinski definition) is 1. The molecule has 24 heavy (non-hydrogen) atoms. The molecule has 0 aromatic heterocycles. The number of nitrogens with zero attached hydrogens (tertiary/aromatic N) is 1. The second-order valence-corrected chi connectivity index (χ2v) is 5.71. The smallest absolute Gasteiger partial charge is 0.334 e. The highest BCUT2D eigenvalue weighted by atomic mass is 35.5. The van der Waals surface area contributed by atoms with Gasteiger partial charge < -0.3 is 10.2 Å². The van der Waals surface area contributed by atoms with Gasteiger partial charge in [0.25, 0.3) is 0 Å². The number of carbonyl (C=O) groups excluding carboxylic acids is 1. The van der Waals surface area contributed by atoms with Crippen molar-refractivity contribution >= 4 is 17.6 Å². The van der Waals surface area contributed by atoms with Crippen molar-refractivity contribution in [3.05, 3.63) is 70.2 Å². The molecule has 3 nitrogen and oxygen atoms in total. The Labute approximate surface area is 143 Å². The number of halogens is 4. The zero-order chi connectivity index (χ0) is 17.7. The lowest BCUT2D eigenvalue weighted by atomic mass is 10.1. The average Bonchev–Trinajstić information content (AvgIpc) is 2.54. The van der Waals surface area contributed by atoms with Crippen LogP contribution in [-0.4, -0.2) is 18.0 Å². The minimum Gasteiger partial charge on any atom is -0.334 e. The van der Waals surface area contributed by atoms with Crippen LogP contribution in [0.5, 0.6) is 0 Å². The molecule has 0 atom stereocenters. The molecule has 0 saturated carbocycles. The molecule has 0 aliphatic heterocycles. The second kappa shape index (κ2) is 7.57. The van der Waals surface area contributed by atoms with Crippen molar-refractivity contribution in [1.29, 1.82) is 0 Å². The van der Waals surface area contributed by atoms with Gasteiger partial charge in [0.05, 0.1) is 5.56 Å². The molecule has 0 saturated heterocycles. The minimum absolute atomic E-state index is 0.143. The summed E-state index contributed by atoms with van der Waals surface area (Å²) in [7, 11) is 1.62. The quantitative estimate of drug-likeness (QED) is 0.846. The minimum atomic E-state index is -4.36. The van der Waals surface area contributed by atoms with E-state index in [1.165, 1.54) is 17.0 Å². The van der Waals surface area contributed by atoms with E-state index >= 15 is 0 Å². The summed E-state index contributed by atoms with van der Waals surface area (Å²) in [6, 6.07) is 11.5. The van der Waals surface area contributed by atoms with Crippen molar-refractivity contribution in [2.45, 2.75) is 19.3 Å². The van der Waals surface area contributed by atoms with Crippen LogP contribution in [0.25, 0.3) is 0 Å². The van der Waals surface area contributed by atoms with E-state index in [0.717, 1.165) is 17.7 Å². The predicted molar refractivity (Wildman–Crippen MR) is 86.6 cm³/mol. The van der Waals surface area contributed by atoms with Crippen molar-refractivity contribution in [1.82, 2.24) is 10.2 Å². The average molecular weight is 357 g/mol. The lowest BCUT2D eigenvalue weighted by molar-refractivity contribution is -0.137. The maximum Gasteiger partial charge on any atom is 0.416 e. The van der Waals surface area contributed by atoms with E-state index in [4.69, 9.17) is 11.6 Å². The lowest BCUT2D eigenvalue weighted by Crippen LogP contribution is -2.36. The van der Waals surface area contributed by atoms with Crippen LogP contribution in [-0.2, 0) is 19.3 Å². The van der Waals surface area contributed by atoms with Gasteiger partial charge in [0.15, 0.2) is 0 Å². The first-order valence-corrected chi connectivity index (χ1v) is 7.53. The van der Waals surface area contributed by atoms with Crippen LogP contribution < -0.4 is 5.32 Å². The molecule has 7 heteroatoms. The van der Waals surface area contributed by atoms with Crippen LogP contribution in [0, 0.1) is 0 Å². The summed E-state index contributed by atoms with van der Waals surface area (Å²) in [4.78, 5) is 13.5. The highest BCUT2D eigenvalue weighted by molar-refractivity contribution is 6.31. The van der Waals surface area contributed by atoms with E-state index in [-0.39, 0.29) is 12.6 Å². The van der Waals surface area contributed by atoms with E-state index in [9.17, 15) is 18.0 Å². The maximum absolute atomic E-state index is 12.5. The molecule has 0 unspecified atom stereocenters. The van der Waals surface area contributed by atoms with E-state index in [0.29, 0.717) is 17.1 Å². The van der Waals surface area contributed by atoms with Crippen LogP contribution >= 0.6 is 11.6 Å². The van der Waals surface area contributed by atoms with Crippen LogP contribution in [0.15, 0.2) is 48.5 Å². The fraction of sp³-hybridized carbons (Fsp3) is 0.235. The first-order chi connectivity index (χ1) is 11.3. The van der Waals surface area contributed by atoms with Crippen LogP contribution in [0.3, 0.4) is 0 Å². The van der Waals surface area contributed by atoms with Crippen molar-refractivity contribution in [2.75, 3.05) is 7.05 Å². The number of carbonyl (C=O) groups is 1. The third kappa shape index (κ3) is 4.89. The Morgan fingerprint density at radius 1 is 1.12 bits per heavy atom. The second-order valence-electron chi connectivity index (χ2n) is 5.30. The van der Waals surface area contributed by atoms with Gasteiger partial charge in [-0.3, -0.25) is 0 Å². The molecular weight excluding hydrogens is 341 g/mol. The molecule has 2 aromatic carbocycles. The van der Waals surface area contributed by atoms with Gasteiger partial charge >= 0.3 is 12.2 Å². The molecule has 2 rings (SSSR count). The molecule has 0 fully saturated rings. The van der Waals surface area contributed by atoms with E-state index in [1.807, 2.05) is 12.1 Å². The van der Waals surface area contributed by atoms with Gasteiger partial charge in [-0.2, -0.15) is 13.2 Å². The van der Waals surface area contributed by atoms with Gasteiger partial charge in [-0.1, -0.05) is 41.9 Å².